The van der Waals surface area contributed by atoms with Crippen LogP contribution in [0.3, 0.4) is 0 Å². The second kappa shape index (κ2) is 11.0. The van der Waals surface area contributed by atoms with Crippen LogP contribution in [-0.4, -0.2) is 77.5 Å². The number of nitrogens with zero attached hydrogens (tertiary/aromatic N) is 5. The summed E-state index contributed by atoms with van der Waals surface area (Å²) in [6.45, 7) is 7.30. The van der Waals surface area contributed by atoms with E-state index in [9.17, 15) is 18.3 Å². The summed E-state index contributed by atoms with van der Waals surface area (Å²) >= 11 is 6.19. The van der Waals surface area contributed by atoms with Crippen molar-refractivity contribution in [2.24, 2.45) is 11.7 Å². The Morgan fingerprint density at radius 2 is 2.08 bits per heavy atom. The van der Waals surface area contributed by atoms with Crippen LogP contribution in [0.1, 0.15) is 47.9 Å². The lowest BCUT2D eigenvalue weighted by Gasteiger charge is -2.31. The molecule has 13 heteroatoms. The Hall–Kier alpha value is -2.93. The van der Waals surface area contributed by atoms with Crippen molar-refractivity contribution in [2.45, 2.75) is 39.3 Å². The average molecular weight is 564 g/mol. The van der Waals surface area contributed by atoms with Crippen molar-refractivity contribution in [3.63, 3.8) is 0 Å². The van der Waals surface area contributed by atoms with Crippen LogP contribution in [0.5, 0.6) is 0 Å². The topological polar surface area (TPSA) is 146 Å². The number of aryl methyl sites for hydroxylation is 1. The van der Waals surface area contributed by atoms with E-state index in [1.54, 1.807) is 9.42 Å². The van der Waals surface area contributed by atoms with E-state index >= 15 is 0 Å². The molecule has 2 aromatic heterocycles. The average Bonchev–Trinajstić information content (AvgIpc) is 3.46. The molecule has 0 spiro atoms. The zero-order chi connectivity index (χ0) is 27.8. The molecule has 38 heavy (non-hydrogen) atoms. The number of halogens is 1. The van der Waals surface area contributed by atoms with Crippen molar-refractivity contribution in [1.82, 2.24) is 19.5 Å². The Labute approximate surface area is 227 Å². The van der Waals surface area contributed by atoms with Gasteiger partial charge in [-0.05, 0) is 44.4 Å². The van der Waals surface area contributed by atoms with E-state index in [-0.39, 0.29) is 41.4 Å². The molecule has 4 rings (SSSR count). The number of carbonyl (C=O) groups excluding carboxylic acids is 1. The van der Waals surface area contributed by atoms with Crippen LogP contribution in [0, 0.1) is 12.8 Å². The van der Waals surface area contributed by atoms with Crippen LogP contribution < -0.4 is 15.4 Å². The summed E-state index contributed by atoms with van der Waals surface area (Å²) < 4.78 is 28.0. The van der Waals surface area contributed by atoms with Crippen LogP contribution >= 0.6 is 11.6 Å². The third-order valence-electron chi connectivity index (χ3n) is 6.63. The number of amides is 1. The van der Waals surface area contributed by atoms with Crippen molar-refractivity contribution in [3.05, 3.63) is 52.3 Å². The maximum atomic E-state index is 13.9. The van der Waals surface area contributed by atoms with Gasteiger partial charge in [-0.2, -0.15) is 5.10 Å². The molecule has 0 unspecified atom stereocenters. The molecule has 0 bridgehead atoms. The fourth-order valence-corrected chi connectivity index (χ4v) is 5.38. The van der Waals surface area contributed by atoms with Gasteiger partial charge in [0, 0.05) is 55.1 Å². The minimum absolute atomic E-state index is 0.102. The Kier molecular flexibility index (Phi) is 8.17. The van der Waals surface area contributed by atoms with Gasteiger partial charge in [-0.25, -0.2) is 17.9 Å². The third kappa shape index (κ3) is 6.20. The van der Waals surface area contributed by atoms with Gasteiger partial charge in [-0.1, -0.05) is 18.5 Å². The van der Waals surface area contributed by atoms with Gasteiger partial charge in [0.1, 0.15) is 5.82 Å². The van der Waals surface area contributed by atoms with Crippen LogP contribution in [0.15, 0.2) is 30.5 Å². The number of aromatic nitrogens is 3. The fraction of sp³-hybridized carbons (Fsp3) is 0.480. The Morgan fingerprint density at radius 3 is 2.71 bits per heavy atom. The van der Waals surface area contributed by atoms with Gasteiger partial charge in [0.05, 0.1) is 29.2 Å². The molecule has 3 atom stereocenters. The number of benzene rings is 1. The molecule has 0 saturated carbocycles. The third-order valence-corrected chi connectivity index (χ3v) is 7.46. The molecule has 206 valence electrons. The Balaban J connectivity index is 1.72. The summed E-state index contributed by atoms with van der Waals surface area (Å²) in [6, 6.07) is 5.83. The quantitative estimate of drug-likeness (QED) is 0.360. The minimum Gasteiger partial charge on any atom is -0.396 e. The SMILES string of the molecule is Cc1cn2nc([C@H](C)N(C[C@H](C)CO)C(=O)c3cc(Cl)ccc3NS(C)(=O)=O)cc2nc1N1CC[C@H](N)C1. The standard InChI is InChI=1S/C25H34ClN7O4S/c1-15(14-34)11-32(25(35)20-9-18(26)5-6-21(20)30-38(4,36)37)17(3)22-10-23-28-24(16(2)12-33(23)29-22)31-8-7-19(27)13-31/h5-6,9-10,12,15,17,19,30,34H,7-8,11,13-14,27H2,1-4H3/t15-,17-,19-/m0/s1. The number of nitrogens with one attached hydrogen (secondary N) is 1. The van der Waals surface area contributed by atoms with E-state index in [4.69, 9.17) is 27.4 Å². The second-order valence-corrected chi connectivity index (χ2v) is 12.3. The summed E-state index contributed by atoms with van der Waals surface area (Å²) in [6.07, 6.45) is 3.83. The van der Waals surface area contributed by atoms with Gasteiger partial charge >= 0.3 is 0 Å². The van der Waals surface area contributed by atoms with Gasteiger partial charge in [-0.15, -0.1) is 0 Å². The number of rotatable bonds is 9. The predicted octanol–water partition coefficient (Wildman–Crippen LogP) is 2.43. The minimum atomic E-state index is -3.65. The molecule has 1 aliphatic rings. The van der Waals surface area contributed by atoms with E-state index in [0.717, 1.165) is 37.1 Å². The summed E-state index contributed by atoms with van der Waals surface area (Å²) in [5.41, 5.74) is 8.52. The summed E-state index contributed by atoms with van der Waals surface area (Å²) in [5.74, 6) is 0.177. The smallest absolute Gasteiger partial charge is 0.256 e. The van der Waals surface area contributed by atoms with E-state index in [0.29, 0.717) is 11.3 Å². The van der Waals surface area contributed by atoms with E-state index in [1.165, 1.54) is 18.2 Å². The second-order valence-electron chi connectivity index (χ2n) is 10.1. The number of aliphatic hydroxyl groups excluding tert-OH is 1. The fourth-order valence-electron chi connectivity index (χ4n) is 4.63. The van der Waals surface area contributed by atoms with Crippen LogP contribution in [0.4, 0.5) is 11.5 Å². The molecule has 4 N–H and O–H groups in total. The highest BCUT2D eigenvalue weighted by molar-refractivity contribution is 7.92. The molecule has 3 heterocycles. The highest BCUT2D eigenvalue weighted by Crippen LogP contribution is 2.30. The Bertz CT molecular complexity index is 1440. The highest BCUT2D eigenvalue weighted by atomic mass is 35.5. The first kappa shape index (κ1) is 28.1. The zero-order valence-electron chi connectivity index (χ0n) is 21.9. The molecule has 1 fully saturated rings. The van der Waals surface area contributed by atoms with Crippen LogP contribution in [-0.2, 0) is 10.0 Å². The lowest BCUT2D eigenvalue weighted by molar-refractivity contribution is 0.0628. The van der Waals surface area contributed by atoms with Gasteiger partial charge in [-0.3, -0.25) is 9.52 Å². The summed E-state index contributed by atoms with van der Waals surface area (Å²) in [5, 5.41) is 14.7. The van der Waals surface area contributed by atoms with Gasteiger partial charge in [0.2, 0.25) is 10.0 Å². The molecule has 1 saturated heterocycles. The first-order valence-electron chi connectivity index (χ1n) is 12.4. The van der Waals surface area contributed by atoms with E-state index in [1.807, 2.05) is 33.0 Å². The zero-order valence-corrected chi connectivity index (χ0v) is 23.5. The first-order valence-corrected chi connectivity index (χ1v) is 14.7. The van der Waals surface area contributed by atoms with Gasteiger partial charge in [0.15, 0.2) is 5.65 Å². The van der Waals surface area contributed by atoms with Gasteiger partial charge in [0.25, 0.3) is 5.91 Å². The first-order chi connectivity index (χ1) is 17.9. The van der Waals surface area contributed by atoms with E-state index in [2.05, 4.69) is 9.62 Å². The molecule has 3 aromatic rings. The van der Waals surface area contributed by atoms with Crippen molar-refractivity contribution >= 4 is 44.7 Å². The molecular weight excluding hydrogens is 530 g/mol. The molecule has 1 amide bonds. The van der Waals surface area contributed by atoms with Gasteiger partial charge < -0.3 is 20.6 Å². The normalized spacial score (nSPS) is 17.6. The van der Waals surface area contributed by atoms with Crippen molar-refractivity contribution in [1.29, 1.82) is 0 Å². The van der Waals surface area contributed by atoms with Crippen molar-refractivity contribution in [2.75, 3.05) is 42.1 Å². The molecule has 1 aliphatic heterocycles. The largest absolute Gasteiger partial charge is 0.396 e. The van der Waals surface area contributed by atoms with Crippen LogP contribution in [0.2, 0.25) is 5.02 Å². The summed E-state index contributed by atoms with van der Waals surface area (Å²) in [4.78, 5) is 22.4. The maximum Gasteiger partial charge on any atom is 0.256 e. The molecule has 0 radical (unpaired) electrons. The maximum absolute atomic E-state index is 13.9. The monoisotopic (exact) mass is 563 g/mol. The highest BCUT2D eigenvalue weighted by Gasteiger charge is 2.29. The number of aliphatic hydroxyl groups is 1. The molecule has 0 aliphatic carbocycles. The predicted molar refractivity (Wildman–Crippen MR) is 148 cm³/mol. The number of fused-ring (bicyclic) bond motifs is 1. The Morgan fingerprint density at radius 1 is 1.34 bits per heavy atom. The molecule has 11 nitrogen and oxygen atoms in total. The number of hydrogen-bond acceptors (Lipinski definition) is 8. The number of carbonyl (C=O) groups is 1. The number of nitrogens with two attached hydrogens (primary N) is 1. The number of sulfonamides is 1. The van der Waals surface area contributed by atoms with E-state index < -0.39 is 22.0 Å². The molecule has 1 aromatic carbocycles. The van der Waals surface area contributed by atoms with Crippen molar-refractivity contribution in [3.8, 4) is 0 Å². The van der Waals surface area contributed by atoms with Crippen LogP contribution in [0.25, 0.3) is 5.65 Å². The summed E-state index contributed by atoms with van der Waals surface area (Å²) in [7, 11) is -3.65. The number of anilines is 2. The number of hydrogen-bond donors (Lipinski definition) is 3. The van der Waals surface area contributed by atoms with Crippen molar-refractivity contribution < 1.29 is 18.3 Å². The lowest BCUT2D eigenvalue weighted by atomic mass is 10.1. The lowest BCUT2D eigenvalue weighted by Crippen LogP contribution is -2.38. The molecular formula is C25H34ClN7O4S.